The fraction of sp³-hybridized carbons (Fsp3) is 0.214. The van der Waals surface area contributed by atoms with Crippen LogP contribution in [0.1, 0.15) is 22.3 Å². The quantitative estimate of drug-likeness (QED) is 0.554. The second-order valence-corrected chi connectivity index (χ2v) is 8.91. The maximum atomic E-state index is 13.9. The molecule has 0 aliphatic carbocycles. The standard InChI is InChI=1S/C28H27N3O2/c1-18-9-10-21(17-19(18)2)25-26(30-16-15-20-7-5-6-8-24(20)30)28(33)31(27(25)32)23-13-11-22(12-14-23)29(3)4/h5-14,17H,15-16H2,1-4H3. The zero-order chi connectivity index (χ0) is 23.3. The molecule has 2 aliphatic rings. The van der Waals surface area contributed by atoms with Gasteiger partial charge in [0.15, 0.2) is 0 Å². The smallest absolute Gasteiger partial charge is 0.282 e. The lowest BCUT2D eigenvalue weighted by atomic mass is 9.99. The van der Waals surface area contributed by atoms with Gasteiger partial charge in [0.25, 0.3) is 11.8 Å². The second-order valence-electron chi connectivity index (χ2n) is 8.91. The molecule has 0 saturated heterocycles. The van der Waals surface area contributed by atoms with Crippen LogP contribution < -0.4 is 14.7 Å². The fourth-order valence-electron chi connectivity index (χ4n) is 4.63. The Hall–Kier alpha value is -3.86. The zero-order valence-corrected chi connectivity index (χ0v) is 19.4. The van der Waals surface area contributed by atoms with Crippen LogP contribution in [0.3, 0.4) is 0 Å². The Morgan fingerprint density at radius 2 is 1.55 bits per heavy atom. The minimum absolute atomic E-state index is 0.275. The number of hydrogen-bond donors (Lipinski definition) is 0. The minimum Gasteiger partial charge on any atom is -0.378 e. The Labute approximate surface area is 194 Å². The maximum Gasteiger partial charge on any atom is 0.282 e. The van der Waals surface area contributed by atoms with Crippen LogP contribution in [0.15, 0.2) is 72.4 Å². The molecule has 0 atom stereocenters. The highest BCUT2D eigenvalue weighted by Gasteiger charge is 2.44. The Morgan fingerprint density at radius 3 is 2.24 bits per heavy atom. The van der Waals surface area contributed by atoms with Crippen LogP contribution in [-0.2, 0) is 16.0 Å². The Bertz CT molecular complexity index is 1300. The predicted octanol–water partition coefficient (Wildman–Crippen LogP) is 4.72. The van der Waals surface area contributed by atoms with Gasteiger partial charge in [-0.25, -0.2) is 4.90 Å². The van der Waals surface area contributed by atoms with Gasteiger partial charge in [-0.3, -0.25) is 9.59 Å². The molecule has 0 N–H and O–H groups in total. The van der Waals surface area contributed by atoms with Crippen molar-refractivity contribution in [2.45, 2.75) is 20.3 Å². The first-order valence-corrected chi connectivity index (χ1v) is 11.2. The van der Waals surface area contributed by atoms with Crippen LogP contribution in [0.2, 0.25) is 0 Å². The first-order valence-electron chi connectivity index (χ1n) is 11.2. The molecule has 2 heterocycles. The molecule has 0 saturated carbocycles. The average Bonchev–Trinajstić information content (AvgIpc) is 3.33. The summed E-state index contributed by atoms with van der Waals surface area (Å²) in [5.41, 5.74) is 7.74. The minimum atomic E-state index is -0.278. The SMILES string of the molecule is Cc1ccc(C2=C(N3CCc4ccccc43)C(=O)N(c3ccc(N(C)C)cc3)C2=O)cc1C. The topological polar surface area (TPSA) is 43.9 Å². The van der Waals surface area contributed by atoms with Crippen LogP contribution >= 0.6 is 0 Å². The van der Waals surface area contributed by atoms with E-state index in [9.17, 15) is 9.59 Å². The summed E-state index contributed by atoms with van der Waals surface area (Å²) in [5, 5.41) is 0. The number of carbonyl (C=O) groups is 2. The maximum absolute atomic E-state index is 13.9. The zero-order valence-electron chi connectivity index (χ0n) is 19.4. The van der Waals surface area contributed by atoms with Crippen LogP contribution in [0.25, 0.3) is 5.57 Å². The van der Waals surface area contributed by atoms with Gasteiger partial charge < -0.3 is 9.80 Å². The van der Waals surface area contributed by atoms with Gasteiger partial charge in [0, 0.05) is 32.0 Å². The number of benzene rings is 3. The number of anilines is 3. The van der Waals surface area contributed by atoms with Gasteiger partial charge in [-0.2, -0.15) is 0 Å². The summed E-state index contributed by atoms with van der Waals surface area (Å²) in [6.07, 6.45) is 0.846. The average molecular weight is 438 g/mol. The molecule has 2 aliphatic heterocycles. The van der Waals surface area contributed by atoms with Gasteiger partial charge in [0.05, 0.1) is 11.3 Å². The third kappa shape index (κ3) is 3.41. The highest BCUT2D eigenvalue weighted by molar-refractivity contribution is 6.46. The molecule has 0 unspecified atom stereocenters. The highest BCUT2D eigenvalue weighted by Crippen LogP contribution is 2.40. The molecule has 0 aromatic heterocycles. The number of nitrogens with zero attached hydrogens (tertiary/aromatic N) is 3. The molecule has 166 valence electrons. The number of aryl methyl sites for hydroxylation is 2. The third-order valence-electron chi connectivity index (χ3n) is 6.64. The number of fused-ring (bicyclic) bond motifs is 1. The molecule has 3 aromatic carbocycles. The number of carbonyl (C=O) groups excluding carboxylic acids is 2. The molecule has 0 bridgehead atoms. The van der Waals surface area contributed by atoms with Gasteiger partial charge >= 0.3 is 0 Å². The lowest BCUT2D eigenvalue weighted by Gasteiger charge is -2.22. The van der Waals surface area contributed by atoms with E-state index in [2.05, 4.69) is 6.07 Å². The molecule has 0 spiro atoms. The van der Waals surface area contributed by atoms with Crippen LogP contribution in [-0.4, -0.2) is 32.5 Å². The molecule has 2 amide bonds. The summed E-state index contributed by atoms with van der Waals surface area (Å²) in [4.78, 5) is 33.0. The van der Waals surface area contributed by atoms with E-state index in [1.54, 1.807) is 0 Å². The van der Waals surface area contributed by atoms with Crippen molar-refractivity contribution < 1.29 is 9.59 Å². The lowest BCUT2D eigenvalue weighted by molar-refractivity contribution is -0.120. The van der Waals surface area contributed by atoms with Crippen molar-refractivity contribution >= 4 is 34.4 Å². The molecule has 0 fully saturated rings. The van der Waals surface area contributed by atoms with Gasteiger partial charge in [-0.05, 0) is 72.9 Å². The van der Waals surface area contributed by atoms with Gasteiger partial charge in [-0.15, -0.1) is 0 Å². The molecule has 33 heavy (non-hydrogen) atoms. The van der Waals surface area contributed by atoms with Crippen LogP contribution in [0.5, 0.6) is 0 Å². The Kier molecular flexibility index (Phi) is 5.05. The summed E-state index contributed by atoms with van der Waals surface area (Å²) in [6.45, 7) is 4.75. The van der Waals surface area contributed by atoms with E-state index in [1.165, 1.54) is 10.5 Å². The van der Waals surface area contributed by atoms with E-state index in [0.717, 1.165) is 34.5 Å². The Morgan fingerprint density at radius 1 is 0.818 bits per heavy atom. The van der Waals surface area contributed by atoms with Crippen molar-refractivity contribution in [3.63, 3.8) is 0 Å². The summed E-state index contributed by atoms with van der Waals surface area (Å²) in [7, 11) is 3.92. The van der Waals surface area contributed by atoms with E-state index in [4.69, 9.17) is 0 Å². The second kappa shape index (κ2) is 7.93. The van der Waals surface area contributed by atoms with Crippen LogP contribution in [0.4, 0.5) is 17.1 Å². The molecule has 0 radical (unpaired) electrons. The normalized spacial score (nSPS) is 15.5. The number of hydrogen-bond acceptors (Lipinski definition) is 4. The largest absolute Gasteiger partial charge is 0.378 e. The van der Waals surface area contributed by atoms with Crippen molar-refractivity contribution in [1.82, 2.24) is 0 Å². The monoisotopic (exact) mass is 437 g/mol. The number of rotatable bonds is 4. The molecule has 5 heteroatoms. The van der Waals surface area contributed by atoms with E-state index >= 15 is 0 Å². The van der Waals surface area contributed by atoms with Gasteiger partial charge in [-0.1, -0.05) is 36.4 Å². The summed E-state index contributed by atoms with van der Waals surface area (Å²) < 4.78 is 0. The van der Waals surface area contributed by atoms with Gasteiger partial charge in [0.2, 0.25) is 0 Å². The lowest BCUT2D eigenvalue weighted by Crippen LogP contribution is -2.34. The van der Waals surface area contributed by atoms with Crippen LogP contribution in [0, 0.1) is 13.8 Å². The van der Waals surface area contributed by atoms with Crippen molar-refractivity contribution in [3.05, 3.63) is 94.7 Å². The molecular weight excluding hydrogens is 410 g/mol. The highest BCUT2D eigenvalue weighted by atomic mass is 16.2. The van der Waals surface area contributed by atoms with Crippen molar-refractivity contribution in [2.75, 3.05) is 35.3 Å². The third-order valence-corrected chi connectivity index (χ3v) is 6.64. The number of para-hydroxylation sites is 1. The molecule has 5 rings (SSSR count). The molecular formula is C28H27N3O2. The van der Waals surface area contributed by atoms with E-state index in [-0.39, 0.29) is 11.8 Å². The summed E-state index contributed by atoms with van der Waals surface area (Å²) >= 11 is 0. The molecule has 5 nitrogen and oxygen atoms in total. The van der Waals surface area contributed by atoms with Gasteiger partial charge in [0.1, 0.15) is 5.70 Å². The fourth-order valence-corrected chi connectivity index (χ4v) is 4.63. The number of amides is 2. The van der Waals surface area contributed by atoms with Crippen molar-refractivity contribution in [3.8, 4) is 0 Å². The van der Waals surface area contributed by atoms with E-state index in [1.807, 2.05) is 98.4 Å². The van der Waals surface area contributed by atoms with Crippen molar-refractivity contribution in [2.24, 2.45) is 0 Å². The summed E-state index contributed by atoms with van der Waals surface area (Å²) in [5.74, 6) is -0.553. The number of imide groups is 1. The van der Waals surface area contributed by atoms with E-state index < -0.39 is 0 Å². The van der Waals surface area contributed by atoms with E-state index in [0.29, 0.717) is 23.5 Å². The summed E-state index contributed by atoms with van der Waals surface area (Å²) in [6, 6.07) is 21.6. The Balaban J connectivity index is 1.66. The van der Waals surface area contributed by atoms with Crippen molar-refractivity contribution in [1.29, 1.82) is 0 Å². The first-order chi connectivity index (χ1) is 15.9. The predicted molar refractivity (Wildman–Crippen MR) is 134 cm³/mol. The first kappa shape index (κ1) is 21.0. The molecule has 3 aromatic rings.